The second kappa shape index (κ2) is 6.34. The molecule has 0 aliphatic heterocycles. The van der Waals surface area contributed by atoms with Crippen molar-refractivity contribution in [1.29, 1.82) is 0 Å². The van der Waals surface area contributed by atoms with Crippen molar-refractivity contribution in [2.75, 3.05) is 6.54 Å². The molecule has 0 saturated heterocycles. The molecule has 4 nitrogen and oxygen atoms in total. The standard InChI is InChI=1S/C15H17FN2O2/c1-11(9-17)18-7-3-6-14(15(18)19)20-10-12-4-2-5-13(16)8-12/h2-8,11H,9-10,17H2,1H3. The molecule has 0 amide bonds. The Morgan fingerprint density at radius 2 is 2.15 bits per heavy atom. The van der Waals surface area contributed by atoms with Gasteiger partial charge in [-0.15, -0.1) is 0 Å². The number of ether oxygens (including phenoxy) is 1. The van der Waals surface area contributed by atoms with Crippen LogP contribution in [0.5, 0.6) is 5.75 Å². The van der Waals surface area contributed by atoms with E-state index in [4.69, 9.17) is 10.5 Å². The number of nitrogens with zero attached hydrogens (tertiary/aromatic N) is 1. The number of hydrogen-bond acceptors (Lipinski definition) is 3. The van der Waals surface area contributed by atoms with E-state index >= 15 is 0 Å². The predicted octanol–water partition coefficient (Wildman–Crippen LogP) is 2.09. The van der Waals surface area contributed by atoms with Gasteiger partial charge in [-0.2, -0.15) is 0 Å². The van der Waals surface area contributed by atoms with E-state index in [2.05, 4.69) is 0 Å². The van der Waals surface area contributed by atoms with Crippen LogP contribution in [0, 0.1) is 5.82 Å². The SMILES string of the molecule is CC(CN)n1cccc(OCc2cccc(F)c2)c1=O. The fourth-order valence-electron chi connectivity index (χ4n) is 1.85. The van der Waals surface area contributed by atoms with Crippen molar-refractivity contribution in [3.8, 4) is 5.75 Å². The molecule has 2 N–H and O–H groups in total. The molecular weight excluding hydrogens is 259 g/mol. The molecule has 1 atom stereocenters. The fourth-order valence-corrected chi connectivity index (χ4v) is 1.85. The van der Waals surface area contributed by atoms with Crippen molar-refractivity contribution in [1.82, 2.24) is 4.57 Å². The molecule has 0 aliphatic carbocycles. The summed E-state index contributed by atoms with van der Waals surface area (Å²) in [6, 6.07) is 9.32. The molecule has 0 aliphatic rings. The molecule has 20 heavy (non-hydrogen) atoms. The number of aromatic nitrogens is 1. The summed E-state index contributed by atoms with van der Waals surface area (Å²) in [6.45, 7) is 2.37. The van der Waals surface area contributed by atoms with E-state index in [1.807, 2.05) is 6.92 Å². The van der Waals surface area contributed by atoms with E-state index in [9.17, 15) is 9.18 Å². The number of benzene rings is 1. The van der Waals surface area contributed by atoms with Crippen LogP contribution < -0.4 is 16.0 Å². The zero-order valence-corrected chi connectivity index (χ0v) is 11.3. The summed E-state index contributed by atoms with van der Waals surface area (Å²) in [5, 5.41) is 0. The lowest BCUT2D eigenvalue weighted by molar-refractivity contribution is 0.297. The summed E-state index contributed by atoms with van der Waals surface area (Å²) < 4.78 is 20.1. The molecule has 0 saturated carbocycles. The van der Waals surface area contributed by atoms with Gasteiger partial charge >= 0.3 is 0 Å². The van der Waals surface area contributed by atoms with Crippen LogP contribution in [-0.2, 0) is 6.61 Å². The van der Waals surface area contributed by atoms with E-state index in [0.717, 1.165) is 0 Å². The van der Waals surface area contributed by atoms with Crippen LogP contribution in [0.25, 0.3) is 0 Å². The van der Waals surface area contributed by atoms with Crippen molar-refractivity contribution in [2.45, 2.75) is 19.6 Å². The highest BCUT2D eigenvalue weighted by atomic mass is 19.1. The first-order valence-corrected chi connectivity index (χ1v) is 6.40. The minimum Gasteiger partial charge on any atom is -0.483 e. The van der Waals surface area contributed by atoms with E-state index in [1.54, 1.807) is 30.5 Å². The van der Waals surface area contributed by atoms with Gasteiger partial charge < -0.3 is 15.0 Å². The van der Waals surface area contributed by atoms with E-state index in [1.165, 1.54) is 16.7 Å². The van der Waals surface area contributed by atoms with Gasteiger partial charge in [0.25, 0.3) is 5.56 Å². The second-order valence-corrected chi connectivity index (χ2v) is 4.59. The first kappa shape index (κ1) is 14.3. The van der Waals surface area contributed by atoms with Gasteiger partial charge in [-0.05, 0) is 36.8 Å². The number of nitrogens with two attached hydrogens (primary N) is 1. The van der Waals surface area contributed by atoms with Crippen molar-refractivity contribution in [2.24, 2.45) is 5.73 Å². The monoisotopic (exact) mass is 276 g/mol. The van der Waals surface area contributed by atoms with Crippen molar-refractivity contribution >= 4 is 0 Å². The molecular formula is C15H17FN2O2. The Morgan fingerprint density at radius 3 is 2.85 bits per heavy atom. The Labute approximate surface area is 116 Å². The lowest BCUT2D eigenvalue weighted by Crippen LogP contribution is -2.28. The summed E-state index contributed by atoms with van der Waals surface area (Å²) in [5.74, 6) is -0.0922. The third-order valence-corrected chi connectivity index (χ3v) is 3.04. The number of pyridine rings is 1. The zero-order valence-electron chi connectivity index (χ0n) is 11.3. The highest BCUT2D eigenvalue weighted by Crippen LogP contribution is 2.10. The lowest BCUT2D eigenvalue weighted by Gasteiger charge is -2.14. The van der Waals surface area contributed by atoms with Gasteiger partial charge in [0.05, 0.1) is 0 Å². The zero-order chi connectivity index (χ0) is 14.5. The van der Waals surface area contributed by atoms with Crippen molar-refractivity contribution in [3.63, 3.8) is 0 Å². The highest BCUT2D eigenvalue weighted by Gasteiger charge is 2.09. The largest absolute Gasteiger partial charge is 0.483 e. The summed E-state index contributed by atoms with van der Waals surface area (Å²) in [5.41, 5.74) is 6.00. The predicted molar refractivity (Wildman–Crippen MR) is 75.2 cm³/mol. The van der Waals surface area contributed by atoms with E-state index < -0.39 is 0 Å². The molecule has 5 heteroatoms. The van der Waals surface area contributed by atoms with Crippen LogP contribution in [0.3, 0.4) is 0 Å². The van der Waals surface area contributed by atoms with Crippen LogP contribution in [0.2, 0.25) is 0 Å². The summed E-state index contributed by atoms with van der Waals surface area (Å²) in [7, 11) is 0. The Kier molecular flexibility index (Phi) is 4.53. The first-order chi connectivity index (χ1) is 9.61. The number of halogens is 1. The normalized spacial score (nSPS) is 12.2. The third-order valence-electron chi connectivity index (χ3n) is 3.04. The molecule has 0 bridgehead atoms. The Hall–Kier alpha value is -2.14. The lowest BCUT2D eigenvalue weighted by atomic mass is 10.2. The highest BCUT2D eigenvalue weighted by molar-refractivity contribution is 5.20. The van der Waals surface area contributed by atoms with Gasteiger partial charge in [-0.3, -0.25) is 4.79 Å². The molecule has 0 radical (unpaired) electrons. The van der Waals surface area contributed by atoms with E-state index in [-0.39, 0.29) is 29.8 Å². The average Bonchev–Trinajstić information content (AvgIpc) is 2.45. The Balaban J connectivity index is 2.16. The number of hydrogen-bond donors (Lipinski definition) is 1. The van der Waals surface area contributed by atoms with Crippen molar-refractivity contribution in [3.05, 3.63) is 64.3 Å². The van der Waals surface area contributed by atoms with Gasteiger partial charge in [0.2, 0.25) is 0 Å². The smallest absolute Gasteiger partial charge is 0.293 e. The van der Waals surface area contributed by atoms with Gasteiger partial charge in [-0.25, -0.2) is 4.39 Å². The maximum absolute atomic E-state index is 13.1. The third kappa shape index (κ3) is 3.24. The van der Waals surface area contributed by atoms with Crippen LogP contribution >= 0.6 is 0 Å². The van der Waals surface area contributed by atoms with Crippen LogP contribution in [0.1, 0.15) is 18.5 Å². The molecule has 2 rings (SSSR count). The molecule has 1 heterocycles. The van der Waals surface area contributed by atoms with E-state index in [0.29, 0.717) is 12.1 Å². The molecule has 2 aromatic rings. The van der Waals surface area contributed by atoms with Crippen LogP contribution in [0.4, 0.5) is 4.39 Å². The second-order valence-electron chi connectivity index (χ2n) is 4.59. The quantitative estimate of drug-likeness (QED) is 0.909. The van der Waals surface area contributed by atoms with Gasteiger partial charge in [-0.1, -0.05) is 12.1 Å². The van der Waals surface area contributed by atoms with Gasteiger partial charge in [0.15, 0.2) is 5.75 Å². The summed E-state index contributed by atoms with van der Waals surface area (Å²) in [4.78, 5) is 12.2. The van der Waals surface area contributed by atoms with Gasteiger partial charge in [0.1, 0.15) is 12.4 Å². The fraction of sp³-hybridized carbons (Fsp3) is 0.267. The molecule has 1 aromatic heterocycles. The maximum Gasteiger partial charge on any atom is 0.293 e. The average molecular weight is 276 g/mol. The maximum atomic E-state index is 13.1. The topological polar surface area (TPSA) is 57.2 Å². The first-order valence-electron chi connectivity index (χ1n) is 6.40. The number of rotatable bonds is 5. The van der Waals surface area contributed by atoms with Crippen LogP contribution in [-0.4, -0.2) is 11.1 Å². The molecule has 1 unspecified atom stereocenters. The Morgan fingerprint density at radius 1 is 1.35 bits per heavy atom. The molecule has 106 valence electrons. The van der Waals surface area contributed by atoms with Crippen LogP contribution in [0.15, 0.2) is 47.4 Å². The minimum absolute atomic E-state index is 0.0970. The van der Waals surface area contributed by atoms with Crippen molar-refractivity contribution < 1.29 is 9.13 Å². The molecule has 1 aromatic carbocycles. The summed E-state index contributed by atoms with van der Waals surface area (Å²) in [6.07, 6.45) is 1.68. The Bertz CT molecular complexity index is 640. The summed E-state index contributed by atoms with van der Waals surface area (Å²) >= 11 is 0. The molecule has 0 spiro atoms. The molecule has 0 fully saturated rings. The van der Waals surface area contributed by atoms with Gasteiger partial charge in [0, 0.05) is 18.8 Å². The minimum atomic E-state index is -0.326.